The first-order valence-electron chi connectivity index (χ1n) is 11.2. The molecule has 2 N–H and O–H groups in total. The van der Waals surface area contributed by atoms with Gasteiger partial charge in [-0.1, -0.05) is 36.4 Å². The SMILES string of the molecule is Cc1nc(C(NC(=O)C2CCN(S(=O)(=O)c3cc([N+](=O)[O-])ccc3C)CC2)c2ccccc2)n[nH]1. The fourth-order valence-electron chi connectivity index (χ4n) is 4.17. The van der Waals surface area contributed by atoms with Crippen molar-refractivity contribution in [2.24, 2.45) is 5.92 Å². The van der Waals surface area contributed by atoms with Crippen LogP contribution in [0.4, 0.5) is 5.69 Å². The molecule has 1 aliphatic heterocycles. The maximum Gasteiger partial charge on any atom is 0.270 e. The van der Waals surface area contributed by atoms with Gasteiger partial charge in [-0.05, 0) is 37.8 Å². The fraction of sp³-hybridized carbons (Fsp3) is 0.348. The molecule has 184 valence electrons. The van der Waals surface area contributed by atoms with Crippen molar-refractivity contribution in [3.05, 3.63) is 81.4 Å². The van der Waals surface area contributed by atoms with E-state index in [1.807, 2.05) is 30.3 Å². The molecule has 2 heterocycles. The highest BCUT2D eigenvalue weighted by Crippen LogP contribution is 2.29. The number of H-pyrrole nitrogens is 1. The second-order valence-corrected chi connectivity index (χ2v) is 10.4. The van der Waals surface area contributed by atoms with Crippen LogP contribution in [0.25, 0.3) is 0 Å². The highest BCUT2D eigenvalue weighted by Gasteiger charge is 2.34. The van der Waals surface area contributed by atoms with Gasteiger partial charge in [0.2, 0.25) is 15.9 Å². The predicted molar refractivity (Wildman–Crippen MR) is 127 cm³/mol. The molecular weight excluding hydrogens is 472 g/mol. The van der Waals surface area contributed by atoms with E-state index in [9.17, 15) is 23.3 Å². The lowest BCUT2D eigenvalue weighted by Crippen LogP contribution is -2.44. The van der Waals surface area contributed by atoms with Crippen LogP contribution in [0.15, 0.2) is 53.4 Å². The summed E-state index contributed by atoms with van der Waals surface area (Å²) in [5, 5.41) is 21.1. The molecule has 2 aromatic carbocycles. The summed E-state index contributed by atoms with van der Waals surface area (Å²) >= 11 is 0. The van der Waals surface area contributed by atoms with Gasteiger partial charge < -0.3 is 5.32 Å². The number of carbonyl (C=O) groups is 1. The number of piperidine rings is 1. The lowest BCUT2D eigenvalue weighted by molar-refractivity contribution is -0.385. The third-order valence-corrected chi connectivity index (χ3v) is 8.16. The molecule has 0 radical (unpaired) electrons. The van der Waals surface area contributed by atoms with E-state index in [-0.39, 0.29) is 35.5 Å². The number of aryl methyl sites for hydroxylation is 2. The molecular formula is C23H26N6O5S. The van der Waals surface area contributed by atoms with Gasteiger partial charge in [0.05, 0.1) is 9.82 Å². The van der Waals surface area contributed by atoms with Gasteiger partial charge in [-0.15, -0.1) is 0 Å². The zero-order valence-corrected chi connectivity index (χ0v) is 20.2. The lowest BCUT2D eigenvalue weighted by atomic mass is 9.96. The smallest absolute Gasteiger partial charge is 0.270 e. The van der Waals surface area contributed by atoms with Crippen molar-refractivity contribution in [2.75, 3.05) is 13.1 Å². The molecule has 35 heavy (non-hydrogen) atoms. The van der Waals surface area contributed by atoms with E-state index < -0.39 is 21.0 Å². The maximum absolute atomic E-state index is 13.2. The van der Waals surface area contributed by atoms with Gasteiger partial charge in [0.1, 0.15) is 11.9 Å². The fourth-order valence-corrected chi connectivity index (χ4v) is 5.88. The van der Waals surface area contributed by atoms with Crippen LogP contribution < -0.4 is 5.32 Å². The highest BCUT2D eigenvalue weighted by molar-refractivity contribution is 7.89. The summed E-state index contributed by atoms with van der Waals surface area (Å²) in [6, 6.07) is 12.6. The topological polar surface area (TPSA) is 151 Å². The third-order valence-electron chi connectivity index (χ3n) is 6.12. The van der Waals surface area contributed by atoms with Crippen molar-refractivity contribution in [2.45, 2.75) is 37.6 Å². The molecule has 1 atom stereocenters. The van der Waals surface area contributed by atoms with Gasteiger partial charge in [-0.2, -0.15) is 9.40 Å². The maximum atomic E-state index is 13.2. The second kappa shape index (κ2) is 9.92. The molecule has 1 fully saturated rings. The molecule has 0 saturated carbocycles. The number of amides is 1. The summed E-state index contributed by atoms with van der Waals surface area (Å²) in [6.07, 6.45) is 0.654. The number of rotatable bonds is 7. The zero-order chi connectivity index (χ0) is 25.2. The summed E-state index contributed by atoms with van der Waals surface area (Å²) in [4.78, 5) is 27.9. The third kappa shape index (κ3) is 5.23. The van der Waals surface area contributed by atoms with Crippen molar-refractivity contribution in [1.82, 2.24) is 24.8 Å². The number of non-ortho nitro benzene ring substituents is 1. The summed E-state index contributed by atoms with van der Waals surface area (Å²) in [7, 11) is -3.93. The summed E-state index contributed by atoms with van der Waals surface area (Å²) in [5.41, 5.74) is 0.988. The number of nitrogens with one attached hydrogen (secondary N) is 2. The normalized spacial score (nSPS) is 16.1. The van der Waals surface area contributed by atoms with E-state index in [1.54, 1.807) is 13.8 Å². The average Bonchev–Trinajstić information content (AvgIpc) is 3.28. The van der Waals surface area contributed by atoms with Gasteiger partial charge in [0.25, 0.3) is 5.69 Å². The van der Waals surface area contributed by atoms with Crippen LogP contribution in [0.2, 0.25) is 0 Å². The Hall–Kier alpha value is -3.64. The molecule has 12 heteroatoms. The lowest BCUT2D eigenvalue weighted by Gasteiger charge is -2.31. The molecule has 0 spiro atoms. The molecule has 3 aromatic rings. The molecule has 11 nitrogen and oxygen atoms in total. The summed E-state index contributed by atoms with van der Waals surface area (Å²) in [6.45, 7) is 3.65. The quantitative estimate of drug-likeness (QED) is 0.375. The van der Waals surface area contributed by atoms with E-state index in [1.165, 1.54) is 16.4 Å². The van der Waals surface area contributed by atoms with Crippen LogP contribution in [0.1, 0.15) is 41.7 Å². The van der Waals surface area contributed by atoms with Crippen molar-refractivity contribution in [1.29, 1.82) is 0 Å². The molecule has 1 aromatic heterocycles. The Balaban J connectivity index is 1.47. The van der Waals surface area contributed by atoms with Crippen LogP contribution in [-0.4, -0.2) is 51.8 Å². The Morgan fingerprint density at radius 1 is 1.17 bits per heavy atom. The number of nitrogens with zero attached hydrogens (tertiary/aromatic N) is 4. The van der Waals surface area contributed by atoms with Crippen LogP contribution in [0, 0.1) is 29.9 Å². The average molecular weight is 499 g/mol. The summed E-state index contributed by atoms with van der Waals surface area (Å²) in [5.74, 6) is 0.483. The first kappa shape index (κ1) is 24.5. The standard InChI is InChI=1S/C23H26N6O5S/c1-15-8-9-19(29(31)32)14-20(15)35(33,34)28-12-10-18(11-13-28)23(30)25-21(17-6-4-3-5-7-17)22-24-16(2)26-27-22/h3-9,14,18,21H,10-13H2,1-2H3,(H,25,30)(H,24,26,27). The minimum atomic E-state index is -3.93. The Bertz CT molecular complexity index is 1330. The van der Waals surface area contributed by atoms with Gasteiger partial charge in [-0.3, -0.25) is 20.0 Å². The molecule has 1 amide bonds. The second-order valence-electron chi connectivity index (χ2n) is 8.52. The van der Waals surface area contributed by atoms with E-state index >= 15 is 0 Å². The number of sulfonamides is 1. The van der Waals surface area contributed by atoms with E-state index in [0.29, 0.717) is 30.1 Å². The monoisotopic (exact) mass is 498 g/mol. The van der Waals surface area contributed by atoms with E-state index in [4.69, 9.17) is 0 Å². The van der Waals surface area contributed by atoms with Crippen LogP contribution >= 0.6 is 0 Å². The number of hydrogen-bond acceptors (Lipinski definition) is 7. The molecule has 0 bridgehead atoms. The Morgan fingerprint density at radius 2 is 1.86 bits per heavy atom. The summed E-state index contributed by atoms with van der Waals surface area (Å²) < 4.78 is 27.7. The molecule has 4 rings (SSSR count). The molecule has 1 saturated heterocycles. The first-order chi connectivity index (χ1) is 16.7. The zero-order valence-electron chi connectivity index (χ0n) is 19.3. The predicted octanol–water partition coefficient (Wildman–Crippen LogP) is 2.64. The molecule has 1 aliphatic rings. The van der Waals surface area contributed by atoms with Crippen LogP contribution in [0.3, 0.4) is 0 Å². The molecule has 1 unspecified atom stereocenters. The van der Waals surface area contributed by atoms with Crippen LogP contribution in [-0.2, 0) is 14.8 Å². The highest BCUT2D eigenvalue weighted by atomic mass is 32.2. The van der Waals surface area contributed by atoms with Crippen LogP contribution in [0.5, 0.6) is 0 Å². The number of aromatic nitrogens is 3. The number of nitro benzene ring substituents is 1. The number of aromatic amines is 1. The first-order valence-corrected chi connectivity index (χ1v) is 12.6. The number of hydrogen-bond donors (Lipinski definition) is 2. The molecule has 0 aliphatic carbocycles. The van der Waals surface area contributed by atoms with Crippen molar-refractivity contribution < 1.29 is 18.1 Å². The van der Waals surface area contributed by atoms with Crippen molar-refractivity contribution in [3.63, 3.8) is 0 Å². The van der Waals surface area contributed by atoms with Crippen molar-refractivity contribution in [3.8, 4) is 0 Å². The minimum Gasteiger partial charge on any atom is -0.342 e. The van der Waals surface area contributed by atoms with Gasteiger partial charge >= 0.3 is 0 Å². The van der Waals surface area contributed by atoms with Gasteiger partial charge in [0.15, 0.2) is 5.82 Å². The largest absolute Gasteiger partial charge is 0.342 e. The van der Waals surface area contributed by atoms with Crippen molar-refractivity contribution >= 4 is 21.6 Å². The number of nitro groups is 1. The number of carbonyl (C=O) groups excluding carboxylic acids is 1. The Morgan fingerprint density at radius 3 is 2.46 bits per heavy atom. The number of benzene rings is 2. The minimum absolute atomic E-state index is 0.0845. The Labute approximate surface area is 202 Å². The van der Waals surface area contributed by atoms with E-state index in [2.05, 4.69) is 20.5 Å². The van der Waals surface area contributed by atoms with Gasteiger partial charge in [-0.25, -0.2) is 13.4 Å². The Kier molecular flexibility index (Phi) is 6.94. The van der Waals surface area contributed by atoms with Gasteiger partial charge in [0, 0.05) is 31.1 Å². The van der Waals surface area contributed by atoms with E-state index in [0.717, 1.165) is 11.6 Å².